The van der Waals surface area contributed by atoms with Gasteiger partial charge in [0, 0.05) is 31.2 Å². The second-order valence-corrected chi connectivity index (χ2v) is 7.60. The molecule has 0 saturated carbocycles. The standard InChI is InChI=1S/C20H22N4O2S/c1-14(27-20-23-21-13-24(20)2)16-7-4-6-15(10-16)11-18(25)12-17-8-5-9-19(22-17)26-3/h4-10,13-14H,11-12H2,1-3H3/t14-/m0/s1. The van der Waals surface area contributed by atoms with Crippen molar-refractivity contribution in [3.8, 4) is 5.88 Å². The summed E-state index contributed by atoms with van der Waals surface area (Å²) in [6.07, 6.45) is 2.37. The van der Waals surface area contributed by atoms with Gasteiger partial charge in [-0.2, -0.15) is 0 Å². The normalized spacial score (nSPS) is 12.0. The monoisotopic (exact) mass is 382 g/mol. The van der Waals surface area contributed by atoms with Crippen LogP contribution < -0.4 is 4.74 Å². The Morgan fingerprint density at radius 1 is 1.22 bits per heavy atom. The fourth-order valence-electron chi connectivity index (χ4n) is 2.72. The van der Waals surface area contributed by atoms with Crippen molar-refractivity contribution in [1.82, 2.24) is 19.7 Å². The lowest BCUT2D eigenvalue weighted by molar-refractivity contribution is -0.117. The lowest BCUT2D eigenvalue weighted by Gasteiger charge is -2.12. The summed E-state index contributed by atoms with van der Waals surface area (Å²) in [5.41, 5.74) is 2.89. The van der Waals surface area contributed by atoms with Crippen molar-refractivity contribution in [2.75, 3.05) is 7.11 Å². The highest BCUT2D eigenvalue weighted by atomic mass is 32.2. The molecule has 0 aliphatic heterocycles. The van der Waals surface area contributed by atoms with Crippen LogP contribution in [-0.4, -0.2) is 32.6 Å². The number of hydrogen-bond acceptors (Lipinski definition) is 6. The second-order valence-electron chi connectivity index (χ2n) is 6.29. The summed E-state index contributed by atoms with van der Waals surface area (Å²) >= 11 is 1.64. The van der Waals surface area contributed by atoms with Gasteiger partial charge in [-0.3, -0.25) is 4.79 Å². The fourth-order valence-corrected chi connectivity index (χ4v) is 3.63. The molecular formula is C20H22N4O2S. The Bertz CT molecular complexity index is 926. The number of pyridine rings is 1. The summed E-state index contributed by atoms with van der Waals surface area (Å²) in [6, 6.07) is 13.6. The predicted octanol–water partition coefficient (Wildman–Crippen LogP) is 3.43. The van der Waals surface area contributed by atoms with Gasteiger partial charge < -0.3 is 9.30 Å². The number of methoxy groups -OCH3 is 1. The zero-order valence-electron chi connectivity index (χ0n) is 15.6. The molecule has 1 aromatic carbocycles. The van der Waals surface area contributed by atoms with E-state index in [9.17, 15) is 4.79 Å². The number of carbonyl (C=O) groups is 1. The highest BCUT2D eigenvalue weighted by Gasteiger charge is 2.13. The van der Waals surface area contributed by atoms with Crippen molar-refractivity contribution in [2.24, 2.45) is 7.05 Å². The molecule has 7 heteroatoms. The summed E-state index contributed by atoms with van der Waals surface area (Å²) in [5.74, 6) is 0.651. The summed E-state index contributed by atoms with van der Waals surface area (Å²) in [5, 5.41) is 9.11. The van der Waals surface area contributed by atoms with Crippen LogP contribution in [0.4, 0.5) is 0 Å². The minimum Gasteiger partial charge on any atom is -0.481 e. The predicted molar refractivity (Wildman–Crippen MR) is 105 cm³/mol. The minimum atomic E-state index is 0.126. The van der Waals surface area contributed by atoms with Crippen molar-refractivity contribution in [1.29, 1.82) is 0 Å². The molecular weight excluding hydrogens is 360 g/mol. The third kappa shape index (κ3) is 5.17. The van der Waals surface area contributed by atoms with Gasteiger partial charge in [-0.15, -0.1) is 10.2 Å². The summed E-state index contributed by atoms with van der Waals surface area (Å²) in [4.78, 5) is 16.8. The molecule has 1 atom stereocenters. The molecule has 140 valence electrons. The molecule has 3 rings (SSSR count). The molecule has 3 aromatic rings. The number of ketones is 1. The molecule has 0 N–H and O–H groups in total. The molecule has 6 nitrogen and oxygen atoms in total. The molecule has 2 heterocycles. The second kappa shape index (κ2) is 8.81. The molecule has 0 spiro atoms. The summed E-state index contributed by atoms with van der Waals surface area (Å²) < 4.78 is 7.01. The highest BCUT2D eigenvalue weighted by molar-refractivity contribution is 7.99. The van der Waals surface area contributed by atoms with Crippen molar-refractivity contribution >= 4 is 17.5 Å². The summed E-state index contributed by atoms with van der Waals surface area (Å²) in [7, 11) is 3.50. The SMILES string of the molecule is COc1cccc(CC(=O)Cc2cccc([C@H](C)Sc3nncn3C)c2)n1. The molecule has 0 fully saturated rings. The van der Waals surface area contributed by atoms with E-state index in [0.717, 1.165) is 22.0 Å². The van der Waals surface area contributed by atoms with E-state index in [1.54, 1.807) is 31.3 Å². The van der Waals surface area contributed by atoms with E-state index in [1.807, 2.05) is 35.9 Å². The van der Waals surface area contributed by atoms with Crippen molar-refractivity contribution < 1.29 is 9.53 Å². The Morgan fingerprint density at radius 2 is 2.04 bits per heavy atom. The van der Waals surface area contributed by atoms with E-state index in [-0.39, 0.29) is 11.0 Å². The Labute approximate surface area is 163 Å². The van der Waals surface area contributed by atoms with Gasteiger partial charge in [0.05, 0.1) is 12.8 Å². The lowest BCUT2D eigenvalue weighted by Crippen LogP contribution is -2.08. The maximum absolute atomic E-state index is 12.5. The molecule has 27 heavy (non-hydrogen) atoms. The molecule has 0 saturated heterocycles. The molecule has 0 aliphatic rings. The zero-order chi connectivity index (χ0) is 19.2. The lowest BCUT2D eigenvalue weighted by atomic mass is 10.0. The first-order valence-electron chi connectivity index (χ1n) is 8.66. The van der Waals surface area contributed by atoms with E-state index in [1.165, 1.54) is 0 Å². The van der Waals surface area contributed by atoms with Crippen molar-refractivity contribution in [2.45, 2.75) is 30.2 Å². The van der Waals surface area contributed by atoms with Crippen LogP contribution in [0, 0.1) is 0 Å². The fraction of sp³-hybridized carbons (Fsp3) is 0.300. The first-order valence-corrected chi connectivity index (χ1v) is 9.54. The number of aromatic nitrogens is 4. The molecule has 0 amide bonds. The van der Waals surface area contributed by atoms with E-state index < -0.39 is 0 Å². The van der Waals surface area contributed by atoms with Crippen LogP contribution in [0.3, 0.4) is 0 Å². The Hall–Kier alpha value is -2.67. The molecule has 2 aromatic heterocycles. The van der Waals surface area contributed by atoms with Gasteiger partial charge in [-0.25, -0.2) is 4.98 Å². The van der Waals surface area contributed by atoms with Crippen molar-refractivity contribution in [3.05, 3.63) is 65.6 Å². The van der Waals surface area contributed by atoms with Gasteiger partial charge in [0.15, 0.2) is 5.16 Å². The van der Waals surface area contributed by atoms with Crippen LogP contribution >= 0.6 is 11.8 Å². The number of carbonyl (C=O) groups excluding carboxylic acids is 1. The highest BCUT2D eigenvalue weighted by Crippen LogP contribution is 2.33. The van der Waals surface area contributed by atoms with E-state index in [4.69, 9.17) is 4.74 Å². The van der Waals surface area contributed by atoms with Crippen molar-refractivity contribution in [3.63, 3.8) is 0 Å². The Kier molecular flexibility index (Phi) is 6.24. The number of aryl methyl sites for hydroxylation is 1. The van der Waals surface area contributed by atoms with E-state index in [0.29, 0.717) is 18.7 Å². The van der Waals surface area contributed by atoms with Crippen LogP contribution in [0.5, 0.6) is 5.88 Å². The topological polar surface area (TPSA) is 69.9 Å². The third-order valence-corrected chi connectivity index (χ3v) is 5.35. The average molecular weight is 382 g/mol. The number of thioether (sulfide) groups is 1. The number of benzene rings is 1. The minimum absolute atomic E-state index is 0.126. The number of nitrogens with zero attached hydrogens (tertiary/aromatic N) is 4. The van der Waals surface area contributed by atoms with Crippen LogP contribution in [0.2, 0.25) is 0 Å². The zero-order valence-corrected chi connectivity index (χ0v) is 16.4. The first kappa shape index (κ1) is 19.1. The number of ether oxygens (including phenoxy) is 1. The van der Waals surface area contributed by atoms with Crippen LogP contribution in [0.15, 0.2) is 53.9 Å². The van der Waals surface area contributed by atoms with Gasteiger partial charge in [-0.05, 0) is 24.1 Å². The van der Waals surface area contributed by atoms with E-state index in [2.05, 4.69) is 34.2 Å². The molecule has 0 aliphatic carbocycles. The Morgan fingerprint density at radius 3 is 2.78 bits per heavy atom. The van der Waals surface area contributed by atoms with E-state index >= 15 is 0 Å². The largest absolute Gasteiger partial charge is 0.481 e. The summed E-state index contributed by atoms with van der Waals surface area (Å²) in [6.45, 7) is 2.13. The smallest absolute Gasteiger partial charge is 0.213 e. The Balaban J connectivity index is 1.64. The van der Waals surface area contributed by atoms with Gasteiger partial charge in [0.2, 0.25) is 5.88 Å². The number of hydrogen-bond donors (Lipinski definition) is 0. The first-order chi connectivity index (χ1) is 13.0. The molecule has 0 radical (unpaired) electrons. The van der Waals surface area contributed by atoms with Crippen LogP contribution in [0.25, 0.3) is 0 Å². The molecule has 0 bridgehead atoms. The number of Topliss-reactive ketones (excluding diaryl/α,β-unsaturated/α-hetero) is 1. The van der Waals surface area contributed by atoms with Gasteiger partial charge in [0.1, 0.15) is 12.1 Å². The van der Waals surface area contributed by atoms with Gasteiger partial charge >= 0.3 is 0 Å². The van der Waals surface area contributed by atoms with Crippen LogP contribution in [0.1, 0.15) is 29.0 Å². The maximum atomic E-state index is 12.5. The van der Waals surface area contributed by atoms with Gasteiger partial charge in [-0.1, -0.05) is 42.1 Å². The molecule has 0 unspecified atom stereocenters. The average Bonchev–Trinajstić information content (AvgIpc) is 3.06. The quantitative estimate of drug-likeness (QED) is 0.556. The third-order valence-electron chi connectivity index (χ3n) is 4.14. The van der Waals surface area contributed by atoms with Gasteiger partial charge in [0.25, 0.3) is 0 Å². The van der Waals surface area contributed by atoms with Crippen LogP contribution in [-0.2, 0) is 24.7 Å². The number of rotatable bonds is 8. The maximum Gasteiger partial charge on any atom is 0.213 e.